The van der Waals surface area contributed by atoms with Crippen LogP contribution in [-0.4, -0.2) is 60.6 Å². The highest BCUT2D eigenvalue weighted by molar-refractivity contribution is 5.52. The SMILES string of the molecule is C[C@@H]1OCCN(c2cc(N3CCO[C@H](C)[C@@H]3C)ncn2)[C@@H]1C. The van der Waals surface area contributed by atoms with Gasteiger partial charge in [-0.3, -0.25) is 0 Å². The monoisotopic (exact) mass is 306 g/mol. The lowest BCUT2D eigenvalue weighted by atomic mass is 10.1. The minimum absolute atomic E-state index is 0.217. The topological polar surface area (TPSA) is 50.7 Å². The maximum Gasteiger partial charge on any atom is 0.134 e. The summed E-state index contributed by atoms with van der Waals surface area (Å²) in [6, 6.07) is 2.73. The third-order valence-corrected chi connectivity index (χ3v) is 4.99. The van der Waals surface area contributed by atoms with Crippen LogP contribution in [0.15, 0.2) is 12.4 Å². The Kier molecular flexibility index (Phi) is 4.49. The zero-order valence-electron chi connectivity index (χ0n) is 13.9. The van der Waals surface area contributed by atoms with Gasteiger partial charge in [0.15, 0.2) is 0 Å². The van der Waals surface area contributed by atoms with Gasteiger partial charge < -0.3 is 19.3 Å². The van der Waals surface area contributed by atoms with Gasteiger partial charge in [0.1, 0.15) is 18.0 Å². The van der Waals surface area contributed by atoms with Crippen LogP contribution in [0.4, 0.5) is 11.6 Å². The van der Waals surface area contributed by atoms with Crippen LogP contribution in [0, 0.1) is 0 Å². The first-order chi connectivity index (χ1) is 10.6. The normalized spacial score (nSPS) is 33.1. The highest BCUT2D eigenvalue weighted by Crippen LogP contribution is 2.26. The smallest absolute Gasteiger partial charge is 0.134 e. The van der Waals surface area contributed by atoms with E-state index in [1.807, 2.05) is 0 Å². The van der Waals surface area contributed by atoms with E-state index in [-0.39, 0.29) is 12.2 Å². The van der Waals surface area contributed by atoms with Crippen molar-refractivity contribution in [3.05, 3.63) is 12.4 Å². The number of morpholine rings is 2. The van der Waals surface area contributed by atoms with Gasteiger partial charge in [-0.2, -0.15) is 0 Å². The van der Waals surface area contributed by atoms with Crippen LogP contribution in [0.1, 0.15) is 27.7 Å². The van der Waals surface area contributed by atoms with E-state index in [4.69, 9.17) is 9.47 Å². The van der Waals surface area contributed by atoms with Gasteiger partial charge in [-0.05, 0) is 27.7 Å². The molecule has 6 nitrogen and oxygen atoms in total. The number of anilines is 2. The molecule has 3 rings (SSSR count). The maximum absolute atomic E-state index is 5.71. The number of ether oxygens (including phenoxy) is 2. The van der Waals surface area contributed by atoms with Crippen molar-refractivity contribution in [2.24, 2.45) is 0 Å². The summed E-state index contributed by atoms with van der Waals surface area (Å²) in [6.45, 7) is 11.8. The molecule has 3 heterocycles. The Morgan fingerprint density at radius 2 is 1.32 bits per heavy atom. The third kappa shape index (κ3) is 2.90. The lowest BCUT2D eigenvalue weighted by Gasteiger charge is -2.40. The first kappa shape index (κ1) is 15.5. The molecule has 6 heteroatoms. The predicted molar refractivity (Wildman–Crippen MR) is 86.5 cm³/mol. The fraction of sp³-hybridized carbons (Fsp3) is 0.750. The number of aromatic nitrogens is 2. The molecule has 0 unspecified atom stereocenters. The molecule has 122 valence electrons. The van der Waals surface area contributed by atoms with Crippen molar-refractivity contribution in [3.63, 3.8) is 0 Å². The molecule has 0 radical (unpaired) electrons. The Morgan fingerprint density at radius 1 is 0.864 bits per heavy atom. The van der Waals surface area contributed by atoms with Gasteiger partial charge in [0.05, 0.1) is 37.5 Å². The molecule has 0 saturated carbocycles. The molecule has 22 heavy (non-hydrogen) atoms. The van der Waals surface area contributed by atoms with Crippen LogP contribution in [0.5, 0.6) is 0 Å². The second kappa shape index (κ2) is 6.38. The highest BCUT2D eigenvalue weighted by Gasteiger charge is 2.29. The van der Waals surface area contributed by atoms with Crippen LogP contribution in [0.2, 0.25) is 0 Å². The molecule has 1 aromatic heterocycles. The average molecular weight is 306 g/mol. The Bertz CT molecular complexity index is 471. The van der Waals surface area contributed by atoms with Crippen molar-refractivity contribution < 1.29 is 9.47 Å². The first-order valence-electron chi connectivity index (χ1n) is 8.16. The van der Waals surface area contributed by atoms with E-state index in [2.05, 4.69) is 53.5 Å². The van der Waals surface area contributed by atoms with Crippen LogP contribution in [0.3, 0.4) is 0 Å². The molecule has 4 atom stereocenters. The van der Waals surface area contributed by atoms with Gasteiger partial charge in [-0.25, -0.2) is 9.97 Å². The maximum atomic E-state index is 5.71. The van der Waals surface area contributed by atoms with Crippen molar-refractivity contribution in [1.82, 2.24) is 9.97 Å². The minimum Gasteiger partial charge on any atom is -0.375 e. The summed E-state index contributed by atoms with van der Waals surface area (Å²) >= 11 is 0. The fourth-order valence-corrected chi connectivity index (χ4v) is 3.16. The van der Waals surface area contributed by atoms with Gasteiger partial charge in [-0.1, -0.05) is 0 Å². The molecule has 0 amide bonds. The molecular formula is C16H26N4O2. The molecule has 2 saturated heterocycles. The molecule has 0 aromatic carbocycles. The van der Waals surface area contributed by atoms with Crippen molar-refractivity contribution in [2.75, 3.05) is 36.1 Å². The van der Waals surface area contributed by atoms with E-state index in [0.29, 0.717) is 12.1 Å². The Balaban J connectivity index is 1.83. The van der Waals surface area contributed by atoms with Crippen LogP contribution in [0.25, 0.3) is 0 Å². The quantitative estimate of drug-likeness (QED) is 0.829. The van der Waals surface area contributed by atoms with Crippen molar-refractivity contribution >= 4 is 11.6 Å². The lowest BCUT2D eigenvalue weighted by Crippen LogP contribution is -2.50. The summed E-state index contributed by atoms with van der Waals surface area (Å²) in [5.74, 6) is 1.97. The largest absolute Gasteiger partial charge is 0.375 e. The van der Waals surface area contributed by atoms with E-state index < -0.39 is 0 Å². The third-order valence-electron chi connectivity index (χ3n) is 4.99. The lowest BCUT2D eigenvalue weighted by molar-refractivity contribution is 0.0276. The van der Waals surface area contributed by atoms with E-state index >= 15 is 0 Å². The predicted octanol–water partition coefficient (Wildman–Crippen LogP) is 1.70. The summed E-state index contributed by atoms with van der Waals surface area (Å²) in [5.41, 5.74) is 0. The Labute approximate surface area is 132 Å². The average Bonchev–Trinajstić information content (AvgIpc) is 2.53. The molecule has 0 aliphatic carbocycles. The van der Waals surface area contributed by atoms with Crippen molar-refractivity contribution in [1.29, 1.82) is 0 Å². The molecule has 2 aliphatic heterocycles. The van der Waals surface area contributed by atoms with Crippen LogP contribution in [-0.2, 0) is 9.47 Å². The second-order valence-corrected chi connectivity index (χ2v) is 6.25. The van der Waals surface area contributed by atoms with Gasteiger partial charge in [0.25, 0.3) is 0 Å². The fourth-order valence-electron chi connectivity index (χ4n) is 3.16. The minimum atomic E-state index is 0.217. The molecule has 2 fully saturated rings. The summed E-state index contributed by atoms with van der Waals surface area (Å²) in [5, 5.41) is 0. The highest BCUT2D eigenvalue weighted by atomic mass is 16.5. The van der Waals surface area contributed by atoms with Gasteiger partial charge in [0.2, 0.25) is 0 Å². The molecule has 0 N–H and O–H groups in total. The second-order valence-electron chi connectivity index (χ2n) is 6.25. The number of hydrogen-bond acceptors (Lipinski definition) is 6. The molecule has 2 aliphatic rings. The van der Waals surface area contributed by atoms with E-state index in [1.54, 1.807) is 6.33 Å². The van der Waals surface area contributed by atoms with Crippen molar-refractivity contribution in [3.8, 4) is 0 Å². The van der Waals surface area contributed by atoms with E-state index in [9.17, 15) is 0 Å². The Morgan fingerprint density at radius 3 is 1.77 bits per heavy atom. The van der Waals surface area contributed by atoms with E-state index in [0.717, 1.165) is 37.9 Å². The molecular weight excluding hydrogens is 280 g/mol. The number of hydrogen-bond donors (Lipinski definition) is 0. The first-order valence-corrected chi connectivity index (χ1v) is 8.16. The zero-order chi connectivity index (χ0) is 15.7. The van der Waals surface area contributed by atoms with Crippen LogP contribution >= 0.6 is 0 Å². The molecule has 1 aromatic rings. The summed E-state index contributed by atoms with van der Waals surface area (Å²) in [4.78, 5) is 13.6. The molecule has 0 spiro atoms. The van der Waals surface area contributed by atoms with Crippen molar-refractivity contribution in [2.45, 2.75) is 52.0 Å². The molecule has 0 bridgehead atoms. The summed E-state index contributed by atoms with van der Waals surface area (Å²) in [6.07, 6.45) is 2.11. The number of rotatable bonds is 2. The van der Waals surface area contributed by atoms with Gasteiger partial charge >= 0.3 is 0 Å². The van der Waals surface area contributed by atoms with Crippen LogP contribution < -0.4 is 9.80 Å². The Hall–Kier alpha value is -1.40. The van der Waals surface area contributed by atoms with E-state index in [1.165, 1.54) is 0 Å². The summed E-state index contributed by atoms with van der Waals surface area (Å²) < 4.78 is 11.4. The standard InChI is InChI=1S/C16H26N4O2/c1-11-13(3)21-7-5-19(11)15-9-16(18-10-17-15)20-6-8-22-14(4)12(20)2/h9-14H,5-8H2,1-4H3/t11-,12+,13+,14-. The van der Waals surface area contributed by atoms with Gasteiger partial charge in [0, 0.05) is 19.2 Å². The summed E-state index contributed by atoms with van der Waals surface area (Å²) in [7, 11) is 0. The zero-order valence-corrected chi connectivity index (χ0v) is 13.9. The number of nitrogens with zero attached hydrogens (tertiary/aromatic N) is 4. The van der Waals surface area contributed by atoms with Gasteiger partial charge in [-0.15, -0.1) is 0 Å².